The third-order valence-corrected chi connectivity index (χ3v) is 20.0. The van der Waals surface area contributed by atoms with Crippen molar-refractivity contribution >= 4 is 111 Å². The van der Waals surface area contributed by atoms with Gasteiger partial charge in [-0.25, -0.2) is 4.98 Å². The van der Waals surface area contributed by atoms with Gasteiger partial charge in [0.15, 0.2) is 0 Å². The van der Waals surface area contributed by atoms with Crippen LogP contribution in [0.5, 0.6) is 5.75 Å². The number of primary amides is 2. The Morgan fingerprint density at radius 1 is 0.517 bits per heavy atom. The normalized spacial score (nSPS) is 15.6. The number of aromatic hydroxyl groups is 1. The molecule has 6 rings (SSSR count). The number of aromatic amines is 2. The van der Waals surface area contributed by atoms with Crippen molar-refractivity contribution in [2.75, 3.05) is 112 Å². The molecular weight excluding hydrogens is 1560 g/mol. The highest BCUT2D eigenvalue weighted by atomic mass is 32.1. The number of rotatable bonds is 49. The number of aliphatic carboxylic acids is 3. The number of hydrogen-bond donors (Lipinski definition) is 18. The zero-order chi connectivity index (χ0) is 86.4. The van der Waals surface area contributed by atoms with E-state index in [1.165, 1.54) is 62.0 Å². The summed E-state index contributed by atoms with van der Waals surface area (Å²) in [5.74, 6) is -13.8. The lowest BCUT2D eigenvalue weighted by atomic mass is 10.0. The first kappa shape index (κ1) is 95.3. The summed E-state index contributed by atoms with van der Waals surface area (Å²) in [5, 5.41) is 67.6. The number of fused-ring (bicyclic) bond motifs is 1. The van der Waals surface area contributed by atoms with E-state index in [-0.39, 0.29) is 143 Å². The molecule has 3 aromatic heterocycles. The molecule has 1 aliphatic heterocycles. The second-order valence-corrected chi connectivity index (χ2v) is 30.0. The molecule has 12 amide bonds. The topological polar surface area (TPSA) is 585 Å². The maximum Gasteiger partial charge on any atom is 0.317 e. The van der Waals surface area contributed by atoms with Crippen LogP contribution >= 0.6 is 11.3 Å². The number of nitrogens with zero attached hydrogens (tertiary/aromatic N) is 5. The Hall–Kier alpha value is -11.5. The van der Waals surface area contributed by atoms with Crippen LogP contribution < -0.4 is 64.6 Å². The fourth-order valence-corrected chi connectivity index (χ4v) is 13.3. The average Bonchev–Trinajstić information content (AvgIpc) is 1.65. The van der Waals surface area contributed by atoms with E-state index in [0.29, 0.717) is 40.6 Å². The Balaban J connectivity index is 1.07. The minimum absolute atomic E-state index is 0.00169. The van der Waals surface area contributed by atoms with Gasteiger partial charge in [0.05, 0.1) is 58.0 Å². The Labute approximate surface area is 685 Å². The van der Waals surface area contributed by atoms with E-state index in [1.54, 1.807) is 81.4 Å². The number of carbonyl (C=O) groups excluding carboxylic acids is 12. The molecule has 1 fully saturated rings. The molecule has 0 unspecified atom stereocenters. The SMILES string of the molecule is CCCC[C@H](NC(=O)[C@H](Cc1cccs1)NC(=O)[C@H](Cc1c[nH]cn1)NC(=O)[C@H](C)NC(=O)[C@@H](NC(=O)[C@H](C)NC(=O)[C@H](Cc1c[nH]c2ccccc12)NC(=O)[C@H](CCC(N)=O)NC(=O)[C@H](Cc1ccc(O)cc1)NC(=O)COCCOCCNC(=O)CN1CCN(CC(=O)O)CCN(CC(=O)O)CCN(CC(=O)O)CC1)C(C)C)C(N)=O. The number of carboxylic acids is 3. The van der Waals surface area contributed by atoms with Crippen LogP contribution in [-0.4, -0.2) is 310 Å². The molecule has 0 radical (unpaired) electrons. The molecule has 646 valence electrons. The fraction of sp³-hybridized carbons (Fsp3) is 0.532. The summed E-state index contributed by atoms with van der Waals surface area (Å²) in [5.41, 5.74) is 13.2. The average molecular weight is 1670 g/mol. The molecule has 118 heavy (non-hydrogen) atoms. The molecule has 1 aliphatic rings. The molecule has 5 aromatic rings. The van der Waals surface area contributed by atoms with Crippen LogP contribution in [0.3, 0.4) is 0 Å². The quantitative estimate of drug-likeness (QED) is 0.0168. The largest absolute Gasteiger partial charge is 0.508 e. The molecule has 41 heteroatoms. The van der Waals surface area contributed by atoms with E-state index in [9.17, 15) is 92.3 Å². The van der Waals surface area contributed by atoms with Crippen LogP contribution in [0.15, 0.2) is 84.8 Å². The number of aromatic nitrogens is 3. The van der Waals surface area contributed by atoms with Crippen molar-refractivity contribution in [3.8, 4) is 5.75 Å². The minimum atomic E-state index is -1.62. The highest BCUT2D eigenvalue weighted by Crippen LogP contribution is 2.21. The second-order valence-electron chi connectivity index (χ2n) is 28.9. The number of carbonyl (C=O) groups is 15. The van der Waals surface area contributed by atoms with Crippen molar-refractivity contribution in [3.63, 3.8) is 0 Å². The number of H-pyrrole nitrogens is 2. The number of carboxylic acid groups (broad SMARTS) is 3. The molecule has 40 nitrogen and oxygen atoms in total. The van der Waals surface area contributed by atoms with Gasteiger partial charge in [-0.3, -0.25) is 91.5 Å². The Kier molecular flexibility index (Phi) is 40.0. The molecule has 0 aliphatic carbocycles. The van der Waals surface area contributed by atoms with Crippen molar-refractivity contribution in [1.82, 2.24) is 87.7 Å². The van der Waals surface area contributed by atoms with Gasteiger partial charge >= 0.3 is 17.9 Å². The number of nitrogens with two attached hydrogens (primary N) is 2. The summed E-state index contributed by atoms with van der Waals surface area (Å²) in [4.78, 5) is 218. The monoisotopic (exact) mass is 1670 g/mol. The van der Waals surface area contributed by atoms with Crippen molar-refractivity contribution in [1.29, 1.82) is 0 Å². The highest BCUT2D eigenvalue weighted by molar-refractivity contribution is 7.09. The first-order valence-corrected chi connectivity index (χ1v) is 39.7. The number of nitrogens with one attached hydrogen (secondary N) is 12. The number of hydrogen-bond acceptors (Lipinski definition) is 24. The number of phenols is 1. The summed E-state index contributed by atoms with van der Waals surface area (Å²) in [6.45, 7) is 7.58. The van der Waals surface area contributed by atoms with Gasteiger partial charge in [-0.2, -0.15) is 0 Å². The van der Waals surface area contributed by atoms with Gasteiger partial charge in [0.25, 0.3) is 0 Å². The van der Waals surface area contributed by atoms with Gasteiger partial charge in [0.1, 0.15) is 66.7 Å². The van der Waals surface area contributed by atoms with Crippen molar-refractivity contribution in [2.24, 2.45) is 17.4 Å². The fourth-order valence-electron chi connectivity index (χ4n) is 12.6. The van der Waals surface area contributed by atoms with Gasteiger partial charge in [0, 0.05) is 119 Å². The third kappa shape index (κ3) is 34.4. The smallest absolute Gasteiger partial charge is 0.317 e. The molecule has 0 bridgehead atoms. The summed E-state index contributed by atoms with van der Waals surface area (Å²) in [6.07, 6.45) is 4.55. The van der Waals surface area contributed by atoms with Crippen LogP contribution in [-0.2, 0) is 107 Å². The first-order valence-electron chi connectivity index (χ1n) is 38.8. The molecule has 0 saturated carbocycles. The zero-order valence-electron chi connectivity index (χ0n) is 66.8. The Bertz CT molecular complexity index is 4120. The number of phenolic OH excluding ortho intramolecular Hbond substituents is 1. The number of thiophene rings is 1. The third-order valence-electron chi connectivity index (χ3n) is 19.1. The number of benzene rings is 2. The van der Waals surface area contributed by atoms with E-state index in [2.05, 4.69) is 68.1 Å². The maximum atomic E-state index is 14.7. The van der Waals surface area contributed by atoms with Gasteiger partial charge in [0.2, 0.25) is 70.9 Å². The second kappa shape index (κ2) is 49.5. The first-order chi connectivity index (χ1) is 56.2. The lowest BCUT2D eigenvalue weighted by Gasteiger charge is -2.32. The standard InChI is InChI=1S/C77H111N19O21S/c1-6-7-13-56(69(79)107)87-76(114)61(37-53-11-10-33-118-53)91-75(113)60(36-51-39-80-45-83-51)89-70(108)47(4)85-77(115)68(46(2)3)92-71(109)48(5)84-73(111)59(35-50-38-82-55-14-9-8-12-54(50)55)90-72(110)57(19-20-62(78)98)88-74(112)58(34-49-15-17-52(97)18-16-49)86-64(100)44-117-32-31-116-30-21-81-63(99)40-93-22-24-94(41-65(101)102)26-28-96(43-67(105)106)29-27-95(25-23-93)42-66(103)104/h8-12,14-18,33,38-39,45-48,56-61,68,82,97H,6-7,13,19-32,34-37,40-44H2,1-5H3,(H2,78,98)(H2,79,107)(H,80,83)(H,81,99)(H,84,111)(H,85,115)(H,86,100)(H,87,114)(H,88,112)(H,89,108)(H,90,110)(H,91,113)(H,92,109)(H,101,102)(H,103,104)(H,105,106)/t47-,48-,56-,57-,58-,59-,60-,61-,68-/m0/s1. The van der Waals surface area contributed by atoms with E-state index in [1.807, 2.05) is 6.92 Å². The summed E-state index contributed by atoms with van der Waals surface area (Å²) >= 11 is 1.33. The molecule has 0 spiro atoms. The van der Waals surface area contributed by atoms with Crippen LogP contribution in [0, 0.1) is 5.92 Å². The van der Waals surface area contributed by atoms with Crippen LogP contribution in [0.2, 0.25) is 0 Å². The van der Waals surface area contributed by atoms with E-state index >= 15 is 0 Å². The van der Waals surface area contributed by atoms with Crippen LogP contribution in [0.1, 0.15) is 88.4 Å². The molecule has 4 heterocycles. The Morgan fingerprint density at radius 3 is 1.57 bits per heavy atom. The lowest BCUT2D eigenvalue weighted by molar-refractivity contribution is -0.140. The lowest BCUT2D eigenvalue weighted by Crippen LogP contribution is -2.61. The number of imidazole rings is 1. The number of unbranched alkanes of at least 4 members (excludes halogenated alkanes) is 1. The van der Waals surface area contributed by atoms with Crippen molar-refractivity contribution < 1.29 is 102 Å². The van der Waals surface area contributed by atoms with E-state index < -0.39 is 169 Å². The molecule has 20 N–H and O–H groups in total. The molecule has 9 atom stereocenters. The summed E-state index contributed by atoms with van der Waals surface area (Å²) < 4.78 is 11.2. The predicted octanol–water partition coefficient (Wildman–Crippen LogP) is -3.45. The number of para-hydroxylation sites is 1. The predicted molar refractivity (Wildman–Crippen MR) is 428 cm³/mol. The zero-order valence-corrected chi connectivity index (χ0v) is 67.6. The van der Waals surface area contributed by atoms with Crippen LogP contribution in [0.25, 0.3) is 10.9 Å². The summed E-state index contributed by atoms with van der Waals surface area (Å²) in [6, 6.07) is 3.86. The van der Waals surface area contributed by atoms with Gasteiger partial charge in [-0.05, 0) is 73.4 Å². The molecular formula is C77H111N19O21S. The number of amides is 12. The van der Waals surface area contributed by atoms with Crippen LogP contribution in [0.4, 0.5) is 0 Å². The van der Waals surface area contributed by atoms with Crippen molar-refractivity contribution in [2.45, 2.75) is 147 Å². The number of ether oxygens (including phenoxy) is 2. The Morgan fingerprint density at radius 2 is 1.03 bits per heavy atom. The van der Waals surface area contributed by atoms with Gasteiger partial charge in [-0.1, -0.05) is 70.0 Å². The van der Waals surface area contributed by atoms with Gasteiger partial charge in [-0.15, -0.1) is 11.3 Å². The van der Waals surface area contributed by atoms with Crippen molar-refractivity contribution in [3.05, 3.63) is 106 Å². The van der Waals surface area contributed by atoms with Gasteiger partial charge < -0.3 is 105 Å². The highest BCUT2D eigenvalue weighted by Gasteiger charge is 2.36. The van der Waals surface area contributed by atoms with E-state index in [4.69, 9.17) is 20.9 Å². The molecule has 1 saturated heterocycles. The minimum Gasteiger partial charge on any atom is -0.508 e. The summed E-state index contributed by atoms with van der Waals surface area (Å²) in [7, 11) is 0. The maximum absolute atomic E-state index is 14.7. The van der Waals surface area contributed by atoms with E-state index in [0.717, 1.165) is 4.88 Å². The molecule has 2 aromatic carbocycles.